The van der Waals surface area contributed by atoms with Gasteiger partial charge in [0.05, 0.1) is 0 Å². The zero-order valence-electron chi connectivity index (χ0n) is 7.71. The van der Waals surface area contributed by atoms with Gasteiger partial charge in [-0.05, 0) is 38.3 Å². The first kappa shape index (κ1) is 8.52. The van der Waals surface area contributed by atoms with E-state index in [4.69, 9.17) is 0 Å². The van der Waals surface area contributed by atoms with E-state index in [-0.39, 0.29) is 0 Å². The molecule has 2 atom stereocenters. The van der Waals surface area contributed by atoms with Gasteiger partial charge in [0, 0.05) is 12.6 Å². The van der Waals surface area contributed by atoms with Crippen LogP contribution in [0.3, 0.4) is 0 Å². The van der Waals surface area contributed by atoms with Gasteiger partial charge < -0.3 is 5.11 Å². The van der Waals surface area contributed by atoms with Crippen molar-refractivity contribution in [1.29, 1.82) is 0 Å². The van der Waals surface area contributed by atoms with E-state index in [1.165, 1.54) is 45.2 Å². The third kappa shape index (κ3) is 1.50. The predicted octanol–water partition coefficient (Wildman–Crippen LogP) is 1.24. The molecule has 70 valence electrons. The summed E-state index contributed by atoms with van der Waals surface area (Å²) < 4.78 is 0. The first-order chi connectivity index (χ1) is 5.92. The van der Waals surface area contributed by atoms with E-state index in [1.807, 2.05) is 0 Å². The van der Waals surface area contributed by atoms with Crippen LogP contribution in [-0.4, -0.2) is 35.7 Å². The first-order valence-electron chi connectivity index (χ1n) is 5.26. The summed E-state index contributed by atoms with van der Waals surface area (Å²) >= 11 is 0. The van der Waals surface area contributed by atoms with Crippen molar-refractivity contribution in [2.45, 2.75) is 38.1 Å². The zero-order chi connectivity index (χ0) is 8.39. The second-order valence-electron chi connectivity index (χ2n) is 4.18. The van der Waals surface area contributed by atoms with Crippen molar-refractivity contribution in [3.63, 3.8) is 0 Å². The van der Waals surface area contributed by atoms with E-state index in [0.717, 1.165) is 6.04 Å². The van der Waals surface area contributed by atoms with Crippen LogP contribution in [0, 0.1) is 5.92 Å². The number of hydrogen-bond acceptors (Lipinski definition) is 2. The summed E-state index contributed by atoms with van der Waals surface area (Å²) in [5.41, 5.74) is 0. The van der Waals surface area contributed by atoms with Gasteiger partial charge in [0.2, 0.25) is 0 Å². The monoisotopic (exact) mass is 169 g/mol. The van der Waals surface area contributed by atoms with Crippen molar-refractivity contribution in [2.24, 2.45) is 5.92 Å². The Labute approximate surface area is 74.6 Å². The highest BCUT2D eigenvalue weighted by molar-refractivity contribution is 4.86. The van der Waals surface area contributed by atoms with Crippen LogP contribution in [0.1, 0.15) is 32.1 Å². The van der Waals surface area contributed by atoms with Crippen LogP contribution in [0.4, 0.5) is 0 Å². The average molecular weight is 169 g/mol. The Kier molecular flexibility index (Phi) is 2.66. The van der Waals surface area contributed by atoms with E-state index < -0.39 is 0 Å². The Morgan fingerprint density at radius 2 is 1.83 bits per heavy atom. The minimum atomic E-state index is 0.404. The topological polar surface area (TPSA) is 23.5 Å². The lowest BCUT2D eigenvalue weighted by molar-refractivity contribution is 0.0274. The third-order valence-electron chi connectivity index (χ3n) is 3.46. The smallest absolute Gasteiger partial charge is 0.0474 e. The molecule has 2 nitrogen and oxygen atoms in total. The summed E-state index contributed by atoms with van der Waals surface area (Å²) in [6.07, 6.45) is 6.64. The fraction of sp³-hybridized carbons (Fsp3) is 1.00. The van der Waals surface area contributed by atoms with Gasteiger partial charge in [-0.2, -0.15) is 0 Å². The molecule has 1 saturated carbocycles. The Morgan fingerprint density at radius 1 is 1.08 bits per heavy atom. The highest BCUT2D eigenvalue weighted by Gasteiger charge is 2.31. The van der Waals surface area contributed by atoms with Crippen LogP contribution in [0.25, 0.3) is 0 Å². The van der Waals surface area contributed by atoms with E-state index in [9.17, 15) is 5.11 Å². The summed E-state index contributed by atoms with van der Waals surface area (Å²) in [6.45, 7) is 2.96. The SMILES string of the molecule is OCC1CCCCC1N1CCC1. The van der Waals surface area contributed by atoms with Crippen LogP contribution in [0.5, 0.6) is 0 Å². The molecule has 1 N–H and O–H groups in total. The predicted molar refractivity (Wildman–Crippen MR) is 49.0 cm³/mol. The maximum atomic E-state index is 9.20. The Balaban J connectivity index is 1.90. The quantitative estimate of drug-likeness (QED) is 0.672. The van der Waals surface area contributed by atoms with Gasteiger partial charge in [0.25, 0.3) is 0 Å². The van der Waals surface area contributed by atoms with Crippen LogP contribution < -0.4 is 0 Å². The third-order valence-corrected chi connectivity index (χ3v) is 3.46. The number of rotatable bonds is 2. The van der Waals surface area contributed by atoms with E-state index in [2.05, 4.69) is 4.90 Å². The van der Waals surface area contributed by atoms with Gasteiger partial charge in [-0.15, -0.1) is 0 Å². The van der Waals surface area contributed by atoms with Crippen molar-refractivity contribution >= 4 is 0 Å². The van der Waals surface area contributed by atoms with Crippen molar-refractivity contribution < 1.29 is 5.11 Å². The molecule has 0 radical (unpaired) electrons. The molecular formula is C10H19NO. The molecule has 2 aliphatic rings. The molecule has 2 fully saturated rings. The highest BCUT2D eigenvalue weighted by atomic mass is 16.3. The molecule has 0 spiro atoms. The van der Waals surface area contributed by atoms with Crippen LogP contribution >= 0.6 is 0 Å². The molecule has 2 heteroatoms. The summed E-state index contributed by atoms with van der Waals surface area (Å²) in [4.78, 5) is 2.56. The van der Waals surface area contributed by atoms with Crippen molar-refractivity contribution in [2.75, 3.05) is 19.7 Å². The summed E-state index contributed by atoms with van der Waals surface area (Å²) in [5.74, 6) is 0.582. The molecule has 1 aliphatic heterocycles. The average Bonchev–Trinajstić information content (AvgIpc) is 2.02. The first-order valence-corrected chi connectivity index (χ1v) is 5.26. The Bertz CT molecular complexity index is 145. The van der Waals surface area contributed by atoms with E-state index in [1.54, 1.807) is 0 Å². The maximum absolute atomic E-state index is 9.20. The Morgan fingerprint density at radius 3 is 2.42 bits per heavy atom. The molecule has 1 heterocycles. The summed E-state index contributed by atoms with van der Waals surface area (Å²) in [5, 5.41) is 9.20. The lowest BCUT2D eigenvalue weighted by Gasteiger charge is -2.44. The van der Waals surface area contributed by atoms with E-state index in [0.29, 0.717) is 12.5 Å². The molecule has 0 aromatic rings. The molecule has 0 amide bonds. The molecule has 2 unspecified atom stereocenters. The minimum Gasteiger partial charge on any atom is -0.396 e. The summed E-state index contributed by atoms with van der Waals surface area (Å²) in [6, 6.07) is 0.720. The molecule has 12 heavy (non-hydrogen) atoms. The lowest BCUT2D eigenvalue weighted by atomic mass is 9.83. The molecule has 1 aliphatic carbocycles. The van der Waals surface area contributed by atoms with Gasteiger partial charge in [0.1, 0.15) is 0 Å². The minimum absolute atomic E-state index is 0.404. The van der Waals surface area contributed by atoms with Gasteiger partial charge in [0.15, 0.2) is 0 Å². The maximum Gasteiger partial charge on any atom is 0.0474 e. The van der Waals surface area contributed by atoms with Crippen LogP contribution in [-0.2, 0) is 0 Å². The number of hydrogen-bond donors (Lipinski definition) is 1. The van der Waals surface area contributed by atoms with Gasteiger partial charge in [-0.1, -0.05) is 12.8 Å². The van der Waals surface area contributed by atoms with Gasteiger partial charge >= 0.3 is 0 Å². The Hall–Kier alpha value is -0.0800. The zero-order valence-corrected chi connectivity index (χ0v) is 7.71. The highest BCUT2D eigenvalue weighted by Crippen LogP contribution is 2.30. The number of likely N-dealkylation sites (tertiary alicyclic amines) is 1. The molecule has 1 saturated heterocycles. The van der Waals surface area contributed by atoms with Crippen molar-refractivity contribution in [3.8, 4) is 0 Å². The standard InChI is InChI=1S/C10H19NO/c12-8-9-4-1-2-5-10(9)11-6-3-7-11/h9-10,12H,1-8H2. The normalized spacial score (nSPS) is 37.8. The van der Waals surface area contributed by atoms with E-state index >= 15 is 0 Å². The molecule has 2 rings (SSSR count). The molecular weight excluding hydrogens is 150 g/mol. The second kappa shape index (κ2) is 3.75. The summed E-state index contributed by atoms with van der Waals surface area (Å²) in [7, 11) is 0. The molecule has 0 aromatic heterocycles. The van der Waals surface area contributed by atoms with Crippen molar-refractivity contribution in [3.05, 3.63) is 0 Å². The largest absolute Gasteiger partial charge is 0.396 e. The van der Waals surface area contributed by atoms with Crippen molar-refractivity contribution in [1.82, 2.24) is 4.90 Å². The molecule has 0 bridgehead atoms. The number of aliphatic hydroxyl groups excluding tert-OH is 1. The van der Waals surface area contributed by atoms with Gasteiger partial charge in [-0.25, -0.2) is 0 Å². The van der Waals surface area contributed by atoms with Crippen LogP contribution in [0.2, 0.25) is 0 Å². The molecule has 0 aromatic carbocycles. The number of aliphatic hydroxyl groups is 1. The second-order valence-corrected chi connectivity index (χ2v) is 4.18. The van der Waals surface area contributed by atoms with Crippen LogP contribution in [0.15, 0.2) is 0 Å². The lowest BCUT2D eigenvalue weighted by Crippen LogP contribution is -2.50. The number of nitrogens with zero attached hydrogens (tertiary/aromatic N) is 1. The van der Waals surface area contributed by atoms with Gasteiger partial charge in [-0.3, -0.25) is 4.90 Å². The fourth-order valence-electron chi connectivity index (χ4n) is 2.55. The fourth-order valence-corrected chi connectivity index (χ4v) is 2.55.